The molecule has 11 heteroatoms. The van der Waals surface area contributed by atoms with Crippen LogP contribution < -0.4 is 10.1 Å². The zero-order valence-electron chi connectivity index (χ0n) is 14.9. The Balaban J connectivity index is 1.38. The smallest absolute Gasteiger partial charge is 0.404 e. The number of hydrogen-bond acceptors (Lipinski definition) is 7. The predicted octanol–water partition coefficient (Wildman–Crippen LogP) is 4.28. The SMILES string of the molecule is Cc1cn(C2CCC(COP3(=O)OCc4cc(Cl)ccc4O3)O2)c(=S)[nH]c1=O. The van der Waals surface area contributed by atoms with Crippen molar-refractivity contribution in [3.05, 3.63) is 55.7 Å². The zero-order chi connectivity index (χ0) is 19.9. The van der Waals surface area contributed by atoms with Gasteiger partial charge in [-0.15, -0.1) is 0 Å². The molecule has 1 N–H and O–H groups in total. The van der Waals surface area contributed by atoms with Crippen molar-refractivity contribution < 1.29 is 22.9 Å². The Kier molecular flexibility index (Phi) is 5.48. The quantitative estimate of drug-likeness (QED) is 0.555. The molecule has 28 heavy (non-hydrogen) atoms. The van der Waals surface area contributed by atoms with E-state index in [0.717, 1.165) is 0 Å². The van der Waals surface area contributed by atoms with Crippen LogP contribution in [0.3, 0.4) is 0 Å². The number of nitrogens with one attached hydrogen (secondary N) is 1. The van der Waals surface area contributed by atoms with Crippen molar-refractivity contribution in [2.45, 2.75) is 38.7 Å². The van der Waals surface area contributed by atoms with Gasteiger partial charge >= 0.3 is 7.82 Å². The Hall–Kier alpha value is -1.48. The zero-order valence-corrected chi connectivity index (χ0v) is 17.4. The minimum Gasteiger partial charge on any atom is -0.404 e. The first-order chi connectivity index (χ1) is 13.3. The van der Waals surface area contributed by atoms with Crippen LogP contribution >= 0.6 is 31.6 Å². The highest BCUT2D eigenvalue weighted by Gasteiger charge is 2.37. The van der Waals surface area contributed by atoms with E-state index < -0.39 is 7.82 Å². The molecule has 3 heterocycles. The summed E-state index contributed by atoms with van der Waals surface area (Å²) in [5, 5.41) is 0.546. The second-order valence-corrected chi connectivity index (χ2v) is 9.05. The summed E-state index contributed by atoms with van der Waals surface area (Å²) in [5.74, 6) is 0.430. The van der Waals surface area contributed by atoms with Crippen LogP contribution in [0.1, 0.15) is 30.2 Å². The number of halogens is 1. The van der Waals surface area contributed by atoms with E-state index in [0.29, 0.717) is 39.5 Å². The van der Waals surface area contributed by atoms with Crippen LogP contribution in [0, 0.1) is 11.7 Å². The fraction of sp³-hybridized carbons (Fsp3) is 0.412. The van der Waals surface area contributed by atoms with E-state index in [1.165, 1.54) is 0 Å². The summed E-state index contributed by atoms with van der Waals surface area (Å²) < 4.78 is 36.8. The van der Waals surface area contributed by atoms with Gasteiger partial charge in [-0.1, -0.05) is 11.6 Å². The van der Waals surface area contributed by atoms with Crippen LogP contribution in [0.2, 0.25) is 5.02 Å². The van der Waals surface area contributed by atoms with E-state index in [2.05, 4.69) is 4.98 Å². The molecule has 2 aliphatic heterocycles. The molecule has 2 aromatic rings. The second-order valence-electron chi connectivity index (χ2n) is 6.63. The van der Waals surface area contributed by atoms with Crippen molar-refractivity contribution >= 4 is 31.6 Å². The molecule has 3 unspecified atom stereocenters. The highest BCUT2D eigenvalue weighted by molar-refractivity contribution is 7.71. The Morgan fingerprint density at radius 3 is 3.07 bits per heavy atom. The molecule has 2 aliphatic rings. The van der Waals surface area contributed by atoms with E-state index in [9.17, 15) is 9.36 Å². The van der Waals surface area contributed by atoms with Gasteiger partial charge in [-0.2, -0.15) is 0 Å². The van der Waals surface area contributed by atoms with Crippen molar-refractivity contribution in [2.24, 2.45) is 0 Å². The van der Waals surface area contributed by atoms with Crippen LogP contribution in [0.25, 0.3) is 0 Å². The molecular formula is C17H18ClN2O6PS. The number of aromatic nitrogens is 2. The highest BCUT2D eigenvalue weighted by atomic mass is 35.5. The number of nitrogens with zero attached hydrogens (tertiary/aromatic N) is 1. The Morgan fingerprint density at radius 2 is 2.25 bits per heavy atom. The molecule has 1 saturated heterocycles. The van der Waals surface area contributed by atoms with Crippen molar-refractivity contribution in [1.82, 2.24) is 9.55 Å². The summed E-state index contributed by atoms with van der Waals surface area (Å²) in [6, 6.07) is 4.98. The molecule has 0 saturated carbocycles. The summed E-state index contributed by atoms with van der Waals surface area (Å²) >= 11 is 11.1. The normalized spacial score (nSPS) is 26.6. The van der Waals surface area contributed by atoms with Crippen LogP contribution in [-0.2, 0) is 25.0 Å². The lowest BCUT2D eigenvalue weighted by Gasteiger charge is -2.25. The van der Waals surface area contributed by atoms with Gasteiger partial charge in [0.25, 0.3) is 5.56 Å². The number of rotatable bonds is 4. The van der Waals surface area contributed by atoms with Crippen molar-refractivity contribution in [3.63, 3.8) is 0 Å². The molecule has 1 fully saturated rings. The van der Waals surface area contributed by atoms with E-state index >= 15 is 0 Å². The number of H-pyrrole nitrogens is 1. The molecule has 0 spiro atoms. The lowest BCUT2D eigenvalue weighted by atomic mass is 10.2. The van der Waals surface area contributed by atoms with Gasteiger partial charge in [0, 0.05) is 22.3 Å². The molecule has 1 aromatic heterocycles. The second kappa shape index (κ2) is 7.74. The molecule has 0 bridgehead atoms. The summed E-state index contributed by atoms with van der Waals surface area (Å²) in [6.45, 7) is 1.84. The Morgan fingerprint density at radius 1 is 1.43 bits per heavy atom. The number of ether oxygens (including phenoxy) is 1. The average Bonchev–Trinajstić information content (AvgIpc) is 3.12. The average molecular weight is 445 g/mol. The number of phosphoric ester groups is 1. The number of benzene rings is 1. The van der Waals surface area contributed by atoms with Crippen molar-refractivity contribution in [1.29, 1.82) is 0 Å². The fourth-order valence-corrected chi connectivity index (χ4v) is 4.80. The molecule has 0 amide bonds. The molecule has 150 valence electrons. The first-order valence-electron chi connectivity index (χ1n) is 8.68. The molecule has 0 radical (unpaired) electrons. The van der Waals surface area contributed by atoms with Gasteiger partial charge in [-0.05, 0) is 50.2 Å². The maximum Gasteiger partial charge on any atom is 0.530 e. The predicted molar refractivity (Wildman–Crippen MR) is 104 cm³/mol. The summed E-state index contributed by atoms with van der Waals surface area (Å²) in [4.78, 5) is 14.2. The van der Waals surface area contributed by atoms with E-state index in [1.807, 2.05) is 0 Å². The van der Waals surface area contributed by atoms with Crippen molar-refractivity contribution in [3.8, 4) is 5.75 Å². The van der Waals surface area contributed by atoms with Gasteiger partial charge in [0.1, 0.15) is 12.0 Å². The monoisotopic (exact) mass is 444 g/mol. The minimum atomic E-state index is -3.73. The maximum atomic E-state index is 12.7. The third-order valence-corrected chi connectivity index (χ3v) is 6.45. The number of fused-ring (bicyclic) bond motifs is 1. The molecule has 3 atom stereocenters. The minimum absolute atomic E-state index is 0.0480. The summed E-state index contributed by atoms with van der Waals surface area (Å²) in [6.07, 6.45) is 2.40. The number of hydrogen-bond donors (Lipinski definition) is 1. The van der Waals surface area contributed by atoms with Crippen molar-refractivity contribution in [2.75, 3.05) is 6.61 Å². The topological polar surface area (TPSA) is 91.8 Å². The first-order valence-corrected chi connectivity index (χ1v) is 10.9. The van der Waals surface area contributed by atoms with E-state index in [4.69, 9.17) is 42.1 Å². The lowest BCUT2D eigenvalue weighted by molar-refractivity contribution is -0.0256. The van der Waals surface area contributed by atoms with Crippen LogP contribution in [-0.4, -0.2) is 22.3 Å². The van der Waals surface area contributed by atoms with Gasteiger partial charge in [0.15, 0.2) is 4.77 Å². The van der Waals surface area contributed by atoms with Crippen LogP contribution in [0.15, 0.2) is 29.2 Å². The van der Waals surface area contributed by atoms with Gasteiger partial charge in [0.2, 0.25) is 0 Å². The third kappa shape index (κ3) is 4.10. The van der Waals surface area contributed by atoms with Gasteiger partial charge in [-0.25, -0.2) is 4.57 Å². The number of phosphoric acid groups is 1. The molecule has 0 aliphatic carbocycles. The van der Waals surface area contributed by atoms with Gasteiger partial charge < -0.3 is 9.26 Å². The molecule has 1 aromatic carbocycles. The van der Waals surface area contributed by atoms with Crippen LogP contribution in [0.5, 0.6) is 5.75 Å². The maximum absolute atomic E-state index is 12.7. The summed E-state index contributed by atoms with van der Waals surface area (Å²) in [5.41, 5.74) is 1.04. The first kappa shape index (κ1) is 19.8. The Labute approximate surface area is 171 Å². The van der Waals surface area contributed by atoms with E-state index in [1.54, 1.807) is 35.9 Å². The highest BCUT2D eigenvalue weighted by Crippen LogP contribution is 2.55. The standard InChI is InChI=1S/C17H18ClN2O6PS/c1-10-7-20(17(28)19-16(10)21)15-5-3-13(25-15)9-24-27(22)23-8-11-6-12(18)2-4-14(11)26-27/h2,4,6-7,13,15H,3,5,8-9H2,1H3,(H,19,21,28). The summed E-state index contributed by atoms with van der Waals surface area (Å²) in [7, 11) is -3.73. The molecule has 4 rings (SSSR count). The number of aromatic amines is 1. The Bertz CT molecular complexity index is 1070. The third-order valence-electron chi connectivity index (χ3n) is 4.57. The largest absolute Gasteiger partial charge is 0.530 e. The molecule has 8 nitrogen and oxygen atoms in total. The van der Waals surface area contributed by atoms with Gasteiger partial charge in [0.05, 0.1) is 19.3 Å². The fourth-order valence-electron chi connectivity index (χ4n) is 3.10. The van der Waals surface area contributed by atoms with E-state index in [-0.39, 0.29) is 31.1 Å². The van der Waals surface area contributed by atoms with Crippen LogP contribution in [0.4, 0.5) is 0 Å². The van der Waals surface area contributed by atoms with Gasteiger partial charge in [-0.3, -0.25) is 23.4 Å². The lowest BCUT2D eigenvalue weighted by Crippen LogP contribution is -2.21. The molecular weight excluding hydrogens is 427 g/mol. The number of aryl methyl sites for hydroxylation is 1.